The lowest BCUT2D eigenvalue weighted by molar-refractivity contribution is -0.919. The number of anilines is 1. The van der Waals surface area contributed by atoms with Crippen molar-refractivity contribution in [1.29, 1.82) is 0 Å². The summed E-state index contributed by atoms with van der Waals surface area (Å²) in [6.45, 7) is 6.41. The summed E-state index contributed by atoms with van der Waals surface area (Å²) in [5, 5.41) is 3.44. The summed E-state index contributed by atoms with van der Waals surface area (Å²) in [5.74, 6) is 1.43. The molecular weight excluding hydrogens is 288 g/mol. The molecule has 21 heavy (non-hydrogen) atoms. The third kappa shape index (κ3) is 4.11. The van der Waals surface area contributed by atoms with E-state index in [2.05, 4.69) is 12.2 Å². The zero-order valence-electron chi connectivity index (χ0n) is 12.9. The molecule has 1 aromatic rings. The van der Waals surface area contributed by atoms with Crippen LogP contribution in [0.2, 0.25) is 5.02 Å². The van der Waals surface area contributed by atoms with Gasteiger partial charge < -0.3 is 15.0 Å². The molecule has 1 heterocycles. The first-order chi connectivity index (χ1) is 10.0. The number of rotatable bonds is 4. The van der Waals surface area contributed by atoms with Gasteiger partial charge >= 0.3 is 0 Å². The van der Waals surface area contributed by atoms with Crippen LogP contribution in [0.25, 0.3) is 0 Å². The van der Waals surface area contributed by atoms with Gasteiger partial charge in [-0.2, -0.15) is 0 Å². The second-order valence-corrected chi connectivity index (χ2v) is 6.31. The van der Waals surface area contributed by atoms with Crippen LogP contribution >= 0.6 is 11.6 Å². The van der Waals surface area contributed by atoms with Crippen LogP contribution in [0.15, 0.2) is 18.2 Å². The molecule has 0 spiro atoms. The number of hydrogen-bond donors (Lipinski definition) is 2. The van der Waals surface area contributed by atoms with Crippen molar-refractivity contribution in [3.63, 3.8) is 0 Å². The van der Waals surface area contributed by atoms with Crippen LogP contribution in [0.5, 0.6) is 5.75 Å². The van der Waals surface area contributed by atoms with E-state index in [9.17, 15) is 4.79 Å². The lowest BCUT2D eigenvalue weighted by atomic mass is 9.98. The summed E-state index contributed by atoms with van der Waals surface area (Å²) >= 11 is 6.08. The van der Waals surface area contributed by atoms with Crippen molar-refractivity contribution < 1.29 is 14.4 Å². The summed E-state index contributed by atoms with van der Waals surface area (Å²) in [6, 6.07) is 5.25. The molecule has 0 radical (unpaired) electrons. The van der Waals surface area contributed by atoms with Crippen LogP contribution in [-0.2, 0) is 4.79 Å². The van der Waals surface area contributed by atoms with Crippen LogP contribution in [0.4, 0.5) is 5.69 Å². The highest BCUT2D eigenvalue weighted by atomic mass is 35.5. The van der Waals surface area contributed by atoms with Gasteiger partial charge in [0.25, 0.3) is 5.91 Å². The van der Waals surface area contributed by atoms with E-state index in [0.29, 0.717) is 16.5 Å². The highest BCUT2D eigenvalue weighted by Gasteiger charge is 2.28. The zero-order valence-corrected chi connectivity index (χ0v) is 13.7. The van der Waals surface area contributed by atoms with Gasteiger partial charge in [0.15, 0.2) is 6.04 Å². The van der Waals surface area contributed by atoms with E-state index in [-0.39, 0.29) is 11.9 Å². The summed E-state index contributed by atoms with van der Waals surface area (Å²) in [6.07, 6.45) is 2.39. The molecule has 1 saturated heterocycles. The molecule has 2 N–H and O–H groups in total. The average molecular weight is 312 g/mol. The molecule has 1 aliphatic heterocycles. The first kappa shape index (κ1) is 16.1. The predicted molar refractivity (Wildman–Crippen MR) is 85.2 cm³/mol. The number of hydrogen-bond acceptors (Lipinski definition) is 2. The third-order valence-electron chi connectivity index (χ3n) is 4.34. The standard InChI is InChI=1S/C16H23ClN2O2/c1-11-6-8-19(9-7-11)12(2)16(20)18-13-4-5-15(21-3)14(17)10-13/h4-5,10-12H,6-9H2,1-3H3,(H,18,20)/p+1/t12-/m1/s1. The second kappa shape index (κ2) is 7.14. The number of carbonyl (C=O) groups excluding carboxylic acids is 1. The molecule has 5 heteroatoms. The van der Waals surface area contributed by atoms with Gasteiger partial charge in [-0.1, -0.05) is 18.5 Å². The van der Waals surface area contributed by atoms with Gasteiger partial charge in [0.05, 0.1) is 25.2 Å². The minimum atomic E-state index is -0.0432. The van der Waals surface area contributed by atoms with E-state index < -0.39 is 0 Å². The third-order valence-corrected chi connectivity index (χ3v) is 4.64. The minimum Gasteiger partial charge on any atom is -0.495 e. The Labute approximate surface area is 131 Å². The van der Waals surface area contributed by atoms with Crippen LogP contribution in [-0.4, -0.2) is 32.1 Å². The van der Waals surface area contributed by atoms with Gasteiger partial charge in [-0.15, -0.1) is 0 Å². The number of nitrogens with one attached hydrogen (secondary N) is 2. The van der Waals surface area contributed by atoms with Gasteiger partial charge in [0.2, 0.25) is 0 Å². The molecule has 4 nitrogen and oxygen atoms in total. The lowest BCUT2D eigenvalue weighted by Crippen LogP contribution is -3.17. The SMILES string of the molecule is COc1ccc(NC(=O)[C@@H](C)[NH+]2CCC(C)CC2)cc1Cl. The maximum absolute atomic E-state index is 12.4. The Hall–Kier alpha value is -1.26. The van der Waals surface area contributed by atoms with Crippen molar-refractivity contribution in [2.24, 2.45) is 5.92 Å². The van der Waals surface area contributed by atoms with Crippen LogP contribution in [0.3, 0.4) is 0 Å². The molecule has 116 valence electrons. The van der Waals surface area contributed by atoms with Crippen molar-refractivity contribution in [2.45, 2.75) is 32.7 Å². The summed E-state index contributed by atoms with van der Waals surface area (Å²) < 4.78 is 5.11. The second-order valence-electron chi connectivity index (χ2n) is 5.90. The number of amides is 1. The molecule has 0 aliphatic carbocycles. The molecule has 1 aromatic carbocycles. The van der Waals surface area contributed by atoms with Crippen LogP contribution in [0, 0.1) is 5.92 Å². The van der Waals surface area contributed by atoms with Gasteiger partial charge in [0.1, 0.15) is 5.75 Å². The maximum atomic E-state index is 12.4. The molecule has 0 aromatic heterocycles. The molecule has 0 unspecified atom stereocenters. The number of methoxy groups -OCH3 is 1. The Morgan fingerprint density at radius 3 is 2.67 bits per heavy atom. The normalized spacial score (nSPS) is 23.4. The number of benzene rings is 1. The average Bonchev–Trinajstić information content (AvgIpc) is 2.47. The molecule has 0 saturated carbocycles. The van der Waals surface area contributed by atoms with Gasteiger partial charge in [-0.3, -0.25) is 4.79 Å². The van der Waals surface area contributed by atoms with Crippen molar-refractivity contribution in [3.8, 4) is 5.75 Å². The Morgan fingerprint density at radius 1 is 1.43 bits per heavy atom. The van der Waals surface area contributed by atoms with E-state index in [1.165, 1.54) is 17.7 Å². The zero-order chi connectivity index (χ0) is 15.4. The number of ether oxygens (including phenoxy) is 1. The number of quaternary nitrogens is 1. The van der Waals surface area contributed by atoms with Gasteiger partial charge in [0, 0.05) is 5.69 Å². The Bertz CT molecular complexity index is 499. The topological polar surface area (TPSA) is 42.8 Å². The van der Waals surface area contributed by atoms with E-state index in [1.807, 2.05) is 13.0 Å². The van der Waals surface area contributed by atoms with Crippen molar-refractivity contribution >= 4 is 23.2 Å². The fraction of sp³-hybridized carbons (Fsp3) is 0.562. The van der Waals surface area contributed by atoms with E-state index in [0.717, 1.165) is 19.0 Å². The fourth-order valence-electron chi connectivity index (χ4n) is 2.75. The number of piperidine rings is 1. The van der Waals surface area contributed by atoms with Crippen molar-refractivity contribution in [1.82, 2.24) is 0 Å². The van der Waals surface area contributed by atoms with E-state index in [4.69, 9.17) is 16.3 Å². The van der Waals surface area contributed by atoms with E-state index in [1.54, 1.807) is 19.2 Å². The monoisotopic (exact) mass is 311 g/mol. The molecule has 2 rings (SSSR count). The highest BCUT2D eigenvalue weighted by molar-refractivity contribution is 6.32. The van der Waals surface area contributed by atoms with E-state index >= 15 is 0 Å². The summed E-state index contributed by atoms with van der Waals surface area (Å²) in [5.41, 5.74) is 0.711. The molecule has 1 fully saturated rings. The Balaban J connectivity index is 1.95. The largest absolute Gasteiger partial charge is 0.495 e. The molecular formula is C16H24ClN2O2+. The number of halogens is 1. The molecule has 0 bridgehead atoms. The van der Waals surface area contributed by atoms with Crippen LogP contribution < -0.4 is 15.0 Å². The first-order valence-electron chi connectivity index (χ1n) is 7.50. The quantitative estimate of drug-likeness (QED) is 0.893. The van der Waals surface area contributed by atoms with Gasteiger partial charge in [-0.25, -0.2) is 0 Å². The predicted octanol–water partition coefficient (Wildman–Crippen LogP) is 1.99. The Kier molecular flexibility index (Phi) is 5.48. The lowest BCUT2D eigenvalue weighted by Gasteiger charge is -2.31. The molecule has 1 amide bonds. The summed E-state index contributed by atoms with van der Waals surface area (Å²) in [4.78, 5) is 13.7. The molecule has 1 atom stereocenters. The van der Waals surface area contributed by atoms with Crippen LogP contribution in [0.1, 0.15) is 26.7 Å². The summed E-state index contributed by atoms with van der Waals surface area (Å²) in [7, 11) is 1.57. The minimum absolute atomic E-state index is 0.0424. The van der Waals surface area contributed by atoms with Gasteiger partial charge in [-0.05, 0) is 43.9 Å². The number of carbonyl (C=O) groups is 1. The Morgan fingerprint density at radius 2 is 2.10 bits per heavy atom. The van der Waals surface area contributed by atoms with Crippen molar-refractivity contribution in [2.75, 3.05) is 25.5 Å². The maximum Gasteiger partial charge on any atom is 0.282 e. The smallest absolute Gasteiger partial charge is 0.282 e. The van der Waals surface area contributed by atoms with Crippen molar-refractivity contribution in [3.05, 3.63) is 23.2 Å². The fourth-order valence-corrected chi connectivity index (χ4v) is 3.00. The highest BCUT2D eigenvalue weighted by Crippen LogP contribution is 2.27. The molecule has 1 aliphatic rings. The number of likely N-dealkylation sites (tertiary alicyclic amines) is 1. The first-order valence-corrected chi connectivity index (χ1v) is 7.88.